The smallest absolute Gasteiger partial charge is 0.0738 e. The van der Waals surface area contributed by atoms with Crippen LogP contribution < -0.4 is 5.32 Å². The Hall–Kier alpha value is -0.350. The van der Waals surface area contributed by atoms with Gasteiger partial charge in [0, 0.05) is 12.6 Å². The number of nitrogens with one attached hydrogen (secondary N) is 1. The van der Waals surface area contributed by atoms with Gasteiger partial charge in [-0.15, -0.1) is 0 Å². The van der Waals surface area contributed by atoms with Crippen molar-refractivity contribution in [2.45, 2.75) is 71.9 Å². The van der Waals surface area contributed by atoms with Gasteiger partial charge in [0.15, 0.2) is 0 Å². The van der Waals surface area contributed by atoms with Gasteiger partial charge in [-0.2, -0.15) is 5.10 Å². The molecule has 1 N–H and O–H groups in total. The number of hydrogen-bond acceptors (Lipinski definition) is 2. The molecule has 1 aromatic heterocycles. The van der Waals surface area contributed by atoms with Gasteiger partial charge >= 0.3 is 0 Å². The molecule has 1 aromatic rings. The molecule has 3 nitrogen and oxygen atoms in total. The van der Waals surface area contributed by atoms with E-state index in [4.69, 9.17) is 0 Å². The standard InChI is InChI=1S/C16H28BrN3/c1-4-10-18-14-9-7-6-8-13(14)11-15-16(17)12(3)19-20(15)5-2/h13-14,18H,4-11H2,1-3H3. The van der Waals surface area contributed by atoms with Crippen molar-refractivity contribution in [3.05, 3.63) is 15.9 Å². The number of halogens is 1. The number of rotatable bonds is 6. The van der Waals surface area contributed by atoms with Crippen LogP contribution in [0.5, 0.6) is 0 Å². The summed E-state index contributed by atoms with van der Waals surface area (Å²) in [6, 6.07) is 0.691. The fourth-order valence-electron chi connectivity index (χ4n) is 3.36. The summed E-state index contributed by atoms with van der Waals surface area (Å²) in [7, 11) is 0. The summed E-state index contributed by atoms with van der Waals surface area (Å²) in [5.41, 5.74) is 2.51. The molecule has 20 heavy (non-hydrogen) atoms. The molecule has 0 radical (unpaired) electrons. The molecule has 0 aromatic carbocycles. The van der Waals surface area contributed by atoms with E-state index >= 15 is 0 Å². The molecule has 0 spiro atoms. The monoisotopic (exact) mass is 341 g/mol. The van der Waals surface area contributed by atoms with Crippen molar-refractivity contribution in [2.75, 3.05) is 6.54 Å². The highest BCUT2D eigenvalue weighted by molar-refractivity contribution is 9.10. The van der Waals surface area contributed by atoms with E-state index in [0.29, 0.717) is 6.04 Å². The maximum atomic E-state index is 4.63. The molecule has 2 rings (SSSR count). The Bertz CT molecular complexity index is 428. The summed E-state index contributed by atoms with van der Waals surface area (Å²) >= 11 is 3.74. The topological polar surface area (TPSA) is 29.9 Å². The van der Waals surface area contributed by atoms with E-state index in [0.717, 1.165) is 31.1 Å². The van der Waals surface area contributed by atoms with Crippen LogP contribution in [-0.4, -0.2) is 22.4 Å². The van der Waals surface area contributed by atoms with E-state index in [1.165, 1.54) is 42.3 Å². The molecule has 0 saturated heterocycles. The van der Waals surface area contributed by atoms with Gasteiger partial charge in [0.25, 0.3) is 0 Å². The van der Waals surface area contributed by atoms with Crippen molar-refractivity contribution in [3.8, 4) is 0 Å². The van der Waals surface area contributed by atoms with Crippen LogP contribution in [0.2, 0.25) is 0 Å². The summed E-state index contributed by atoms with van der Waals surface area (Å²) < 4.78 is 3.39. The molecule has 1 heterocycles. The second-order valence-corrected chi connectivity index (χ2v) is 6.76. The molecule has 1 saturated carbocycles. The average molecular weight is 342 g/mol. The average Bonchev–Trinajstić information content (AvgIpc) is 2.74. The molecule has 0 bridgehead atoms. The van der Waals surface area contributed by atoms with Crippen LogP contribution in [0, 0.1) is 12.8 Å². The first kappa shape index (κ1) is 16.0. The zero-order valence-electron chi connectivity index (χ0n) is 13.1. The Morgan fingerprint density at radius 3 is 2.75 bits per heavy atom. The van der Waals surface area contributed by atoms with Crippen molar-refractivity contribution in [1.82, 2.24) is 15.1 Å². The van der Waals surface area contributed by atoms with Crippen molar-refractivity contribution in [3.63, 3.8) is 0 Å². The Morgan fingerprint density at radius 2 is 2.05 bits per heavy atom. The first-order chi connectivity index (χ1) is 9.67. The van der Waals surface area contributed by atoms with Gasteiger partial charge in [0.2, 0.25) is 0 Å². The second kappa shape index (κ2) is 7.60. The van der Waals surface area contributed by atoms with E-state index in [-0.39, 0.29) is 0 Å². The molecular formula is C16H28BrN3. The molecular weight excluding hydrogens is 314 g/mol. The highest BCUT2D eigenvalue weighted by Crippen LogP contribution is 2.31. The minimum Gasteiger partial charge on any atom is -0.314 e. The molecule has 2 unspecified atom stereocenters. The quantitative estimate of drug-likeness (QED) is 0.844. The first-order valence-electron chi connectivity index (χ1n) is 8.12. The third-order valence-corrected chi connectivity index (χ3v) is 5.51. The van der Waals surface area contributed by atoms with Gasteiger partial charge in [-0.1, -0.05) is 19.8 Å². The van der Waals surface area contributed by atoms with E-state index in [1.54, 1.807) is 0 Å². The number of nitrogens with zero attached hydrogens (tertiary/aromatic N) is 2. The fourth-order valence-corrected chi connectivity index (χ4v) is 3.81. The SMILES string of the molecule is CCCNC1CCCCC1Cc1c(Br)c(C)nn1CC. The van der Waals surface area contributed by atoms with E-state index in [1.807, 2.05) is 0 Å². The minimum atomic E-state index is 0.691. The zero-order valence-corrected chi connectivity index (χ0v) is 14.7. The molecule has 0 amide bonds. The van der Waals surface area contributed by atoms with Gasteiger partial charge in [-0.05, 0) is 67.9 Å². The van der Waals surface area contributed by atoms with Gasteiger partial charge in [0.05, 0.1) is 15.9 Å². The second-order valence-electron chi connectivity index (χ2n) is 5.97. The first-order valence-corrected chi connectivity index (χ1v) is 8.91. The summed E-state index contributed by atoms with van der Waals surface area (Å²) in [5, 5.41) is 8.39. The summed E-state index contributed by atoms with van der Waals surface area (Å²) in [5.74, 6) is 0.757. The third kappa shape index (κ3) is 3.64. The lowest BCUT2D eigenvalue weighted by atomic mass is 9.81. The lowest BCUT2D eigenvalue weighted by Crippen LogP contribution is -2.40. The zero-order chi connectivity index (χ0) is 14.5. The molecule has 1 aliphatic rings. The molecule has 114 valence electrons. The van der Waals surface area contributed by atoms with Gasteiger partial charge in [0.1, 0.15) is 0 Å². The lowest BCUT2D eigenvalue weighted by molar-refractivity contribution is 0.257. The van der Waals surface area contributed by atoms with Crippen molar-refractivity contribution in [1.29, 1.82) is 0 Å². The lowest BCUT2D eigenvalue weighted by Gasteiger charge is -2.32. The number of hydrogen-bond donors (Lipinski definition) is 1. The van der Waals surface area contributed by atoms with Crippen LogP contribution in [0.4, 0.5) is 0 Å². The summed E-state index contributed by atoms with van der Waals surface area (Å²) in [6.45, 7) is 8.62. The van der Waals surface area contributed by atoms with Crippen molar-refractivity contribution < 1.29 is 0 Å². The Labute approximate surface area is 131 Å². The van der Waals surface area contributed by atoms with Crippen LogP contribution in [0.15, 0.2) is 4.47 Å². The molecule has 2 atom stereocenters. The predicted octanol–water partition coefficient (Wildman–Crippen LogP) is 4.07. The van der Waals surface area contributed by atoms with E-state index in [9.17, 15) is 0 Å². The van der Waals surface area contributed by atoms with E-state index in [2.05, 4.69) is 51.8 Å². The van der Waals surface area contributed by atoms with Crippen molar-refractivity contribution >= 4 is 15.9 Å². The maximum Gasteiger partial charge on any atom is 0.0738 e. The van der Waals surface area contributed by atoms with Crippen molar-refractivity contribution in [2.24, 2.45) is 5.92 Å². The predicted molar refractivity (Wildman–Crippen MR) is 88.1 cm³/mol. The molecule has 1 fully saturated rings. The van der Waals surface area contributed by atoms with Crippen LogP contribution in [0.1, 0.15) is 57.3 Å². The summed E-state index contributed by atoms with van der Waals surface area (Å²) in [4.78, 5) is 0. The Balaban J connectivity index is 2.10. The van der Waals surface area contributed by atoms with Gasteiger partial charge in [-0.3, -0.25) is 4.68 Å². The Kier molecular flexibility index (Phi) is 6.09. The highest BCUT2D eigenvalue weighted by Gasteiger charge is 2.27. The molecule has 1 aliphatic carbocycles. The molecule has 0 aliphatic heterocycles. The largest absolute Gasteiger partial charge is 0.314 e. The maximum absolute atomic E-state index is 4.63. The fraction of sp³-hybridized carbons (Fsp3) is 0.812. The molecule has 4 heteroatoms. The van der Waals surface area contributed by atoms with Crippen LogP contribution >= 0.6 is 15.9 Å². The third-order valence-electron chi connectivity index (χ3n) is 4.47. The van der Waals surface area contributed by atoms with E-state index < -0.39 is 0 Å². The van der Waals surface area contributed by atoms with Crippen LogP contribution in [0.3, 0.4) is 0 Å². The number of aromatic nitrogens is 2. The minimum absolute atomic E-state index is 0.691. The van der Waals surface area contributed by atoms with Gasteiger partial charge in [-0.25, -0.2) is 0 Å². The summed E-state index contributed by atoms with van der Waals surface area (Å²) in [6.07, 6.45) is 7.82. The van der Waals surface area contributed by atoms with Crippen LogP contribution in [-0.2, 0) is 13.0 Å². The normalized spacial score (nSPS) is 23.2. The highest BCUT2D eigenvalue weighted by atomic mass is 79.9. The number of aryl methyl sites for hydroxylation is 2. The van der Waals surface area contributed by atoms with Gasteiger partial charge < -0.3 is 5.32 Å². The Morgan fingerprint density at radius 1 is 1.30 bits per heavy atom. The van der Waals surface area contributed by atoms with Crippen LogP contribution in [0.25, 0.3) is 0 Å².